The second kappa shape index (κ2) is 3.90. The average Bonchev–Trinajstić information content (AvgIpc) is 1.89. The number of halogens is 1. The molecule has 5 heteroatoms. The number of carbonyl (C=O) groups is 1. The van der Waals surface area contributed by atoms with Gasteiger partial charge in [0.2, 0.25) is 0 Å². The van der Waals surface area contributed by atoms with Crippen molar-refractivity contribution >= 4 is 18.4 Å². The summed E-state index contributed by atoms with van der Waals surface area (Å²) in [5.74, 6) is -0.966. The number of carboxylic acid groups (broad SMARTS) is 1. The maximum absolute atomic E-state index is 10.5. The lowest BCUT2D eigenvalue weighted by Crippen LogP contribution is -2.54. The normalized spacial score (nSPS) is 30.6. The molecule has 3 N–H and O–H groups in total. The molecule has 1 fully saturated rings. The summed E-state index contributed by atoms with van der Waals surface area (Å²) >= 11 is 0. The van der Waals surface area contributed by atoms with Gasteiger partial charge in [0.05, 0.1) is 6.61 Å². The molecule has 0 radical (unpaired) electrons. The monoisotopic (exact) mass is 181 g/mol. The summed E-state index contributed by atoms with van der Waals surface area (Å²) in [5.41, 5.74) is 4.35. The molecule has 1 aliphatic rings. The van der Waals surface area contributed by atoms with E-state index in [0.29, 0.717) is 13.0 Å². The van der Waals surface area contributed by atoms with Gasteiger partial charge >= 0.3 is 5.97 Å². The Hall–Kier alpha value is -0.320. The molecular weight excluding hydrogens is 170 g/mol. The second-order valence-corrected chi connectivity index (χ2v) is 2.62. The van der Waals surface area contributed by atoms with Crippen LogP contribution in [0.5, 0.6) is 0 Å². The quantitative estimate of drug-likeness (QED) is 0.598. The summed E-state index contributed by atoms with van der Waals surface area (Å²) < 4.78 is 4.94. The Labute approximate surface area is 71.1 Å². The second-order valence-electron chi connectivity index (χ2n) is 2.62. The highest BCUT2D eigenvalue weighted by Gasteiger charge is 2.35. The van der Waals surface area contributed by atoms with Crippen molar-refractivity contribution in [1.82, 2.24) is 0 Å². The van der Waals surface area contributed by atoms with Gasteiger partial charge in [-0.2, -0.15) is 0 Å². The van der Waals surface area contributed by atoms with Gasteiger partial charge in [-0.15, -0.1) is 12.4 Å². The van der Waals surface area contributed by atoms with Crippen LogP contribution in [-0.4, -0.2) is 29.8 Å². The molecule has 1 aliphatic heterocycles. The van der Waals surface area contributed by atoms with Gasteiger partial charge in [0.15, 0.2) is 0 Å². The molecule has 1 rings (SSSR count). The zero-order valence-corrected chi connectivity index (χ0v) is 6.89. The highest BCUT2D eigenvalue weighted by atomic mass is 35.5. The molecule has 0 aromatic heterocycles. The molecule has 1 saturated heterocycles. The number of hydrogen-bond acceptors (Lipinski definition) is 3. The Balaban J connectivity index is 0.000001000. The zero-order chi connectivity index (χ0) is 7.61. The number of rotatable bonds is 1. The van der Waals surface area contributed by atoms with Crippen molar-refractivity contribution in [2.75, 3.05) is 13.2 Å². The Bertz CT molecular complexity index is 145. The molecule has 0 aromatic carbocycles. The first-order chi connectivity index (χ1) is 4.65. The Morgan fingerprint density at radius 3 is 2.55 bits per heavy atom. The van der Waals surface area contributed by atoms with Gasteiger partial charge in [0.25, 0.3) is 0 Å². The van der Waals surface area contributed by atoms with Crippen molar-refractivity contribution < 1.29 is 14.6 Å². The maximum atomic E-state index is 10.5. The predicted molar refractivity (Wildman–Crippen MR) is 41.9 cm³/mol. The Morgan fingerprint density at radius 1 is 1.64 bits per heavy atom. The number of nitrogens with two attached hydrogens (primary N) is 1. The molecule has 0 bridgehead atoms. The van der Waals surface area contributed by atoms with E-state index in [-0.39, 0.29) is 19.0 Å². The number of hydrogen-bond donors (Lipinski definition) is 2. The molecule has 0 saturated carbocycles. The lowest BCUT2D eigenvalue weighted by molar-refractivity contribution is -0.148. The first-order valence-electron chi connectivity index (χ1n) is 3.25. The Kier molecular flexibility index (Phi) is 3.78. The summed E-state index contributed by atoms with van der Waals surface area (Å²) in [7, 11) is 0. The van der Waals surface area contributed by atoms with Crippen LogP contribution >= 0.6 is 12.4 Å². The average molecular weight is 182 g/mol. The van der Waals surface area contributed by atoms with Crippen molar-refractivity contribution in [3.05, 3.63) is 0 Å². The van der Waals surface area contributed by atoms with E-state index in [2.05, 4.69) is 0 Å². The molecule has 1 heterocycles. The molecule has 0 aromatic rings. The van der Waals surface area contributed by atoms with Crippen LogP contribution in [0.4, 0.5) is 0 Å². The molecule has 4 nitrogen and oxygen atoms in total. The minimum Gasteiger partial charge on any atom is -0.480 e. The van der Waals surface area contributed by atoms with Gasteiger partial charge in [-0.3, -0.25) is 4.79 Å². The third kappa shape index (κ3) is 2.32. The van der Waals surface area contributed by atoms with E-state index in [1.807, 2.05) is 0 Å². The third-order valence-corrected chi connectivity index (χ3v) is 1.70. The fraction of sp³-hybridized carbons (Fsp3) is 0.833. The van der Waals surface area contributed by atoms with Crippen LogP contribution in [0.2, 0.25) is 0 Å². The molecule has 66 valence electrons. The van der Waals surface area contributed by atoms with Crippen molar-refractivity contribution in [3.8, 4) is 0 Å². The van der Waals surface area contributed by atoms with Gasteiger partial charge in [-0.05, 0) is 12.8 Å². The molecule has 1 unspecified atom stereocenters. The van der Waals surface area contributed by atoms with E-state index in [9.17, 15) is 4.79 Å². The van der Waals surface area contributed by atoms with Crippen LogP contribution in [-0.2, 0) is 9.53 Å². The van der Waals surface area contributed by atoms with E-state index in [1.165, 1.54) is 0 Å². The highest BCUT2D eigenvalue weighted by molar-refractivity contribution is 5.85. The van der Waals surface area contributed by atoms with Crippen molar-refractivity contribution in [1.29, 1.82) is 0 Å². The Morgan fingerprint density at radius 2 is 2.27 bits per heavy atom. The SMILES string of the molecule is Cl.NC1(C(=O)O)CCCOC1. The summed E-state index contributed by atoms with van der Waals surface area (Å²) in [5, 5.41) is 8.59. The van der Waals surface area contributed by atoms with Crippen molar-refractivity contribution in [3.63, 3.8) is 0 Å². The van der Waals surface area contributed by atoms with Crippen LogP contribution in [0, 0.1) is 0 Å². The third-order valence-electron chi connectivity index (χ3n) is 1.70. The fourth-order valence-corrected chi connectivity index (χ4v) is 0.985. The highest BCUT2D eigenvalue weighted by Crippen LogP contribution is 2.15. The summed E-state index contributed by atoms with van der Waals surface area (Å²) in [6, 6.07) is 0. The lowest BCUT2D eigenvalue weighted by Gasteiger charge is -2.28. The number of ether oxygens (including phenoxy) is 1. The van der Waals surface area contributed by atoms with Crippen LogP contribution in [0.1, 0.15) is 12.8 Å². The zero-order valence-electron chi connectivity index (χ0n) is 6.08. The first-order valence-corrected chi connectivity index (χ1v) is 3.25. The van der Waals surface area contributed by atoms with Gasteiger partial charge in [0, 0.05) is 6.61 Å². The molecule has 0 amide bonds. The minimum atomic E-state index is -1.13. The molecule has 0 spiro atoms. The lowest BCUT2D eigenvalue weighted by atomic mass is 9.94. The minimum absolute atomic E-state index is 0. The van der Waals surface area contributed by atoms with E-state index in [4.69, 9.17) is 15.6 Å². The molecule has 11 heavy (non-hydrogen) atoms. The number of carboxylic acids is 1. The van der Waals surface area contributed by atoms with Crippen LogP contribution in [0.3, 0.4) is 0 Å². The molecule has 0 aliphatic carbocycles. The smallest absolute Gasteiger partial charge is 0.326 e. The van der Waals surface area contributed by atoms with Crippen molar-refractivity contribution in [2.45, 2.75) is 18.4 Å². The van der Waals surface area contributed by atoms with Gasteiger partial charge in [0.1, 0.15) is 5.54 Å². The predicted octanol–water partition coefficient (Wildman–Crippen LogP) is 0.000700. The van der Waals surface area contributed by atoms with E-state index >= 15 is 0 Å². The van der Waals surface area contributed by atoms with Gasteiger partial charge < -0.3 is 15.6 Å². The van der Waals surface area contributed by atoms with E-state index in [0.717, 1.165) is 6.42 Å². The van der Waals surface area contributed by atoms with Crippen LogP contribution < -0.4 is 5.73 Å². The summed E-state index contributed by atoms with van der Waals surface area (Å²) in [6.07, 6.45) is 1.26. The van der Waals surface area contributed by atoms with Crippen molar-refractivity contribution in [2.24, 2.45) is 5.73 Å². The first kappa shape index (κ1) is 10.7. The van der Waals surface area contributed by atoms with E-state index in [1.54, 1.807) is 0 Å². The topological polar surface area (TPSA) is 72.6 Å². The standard InChI is InChI=1S/C6H11NO3.ClH/c7-6(5(8)9)2-1-3-10-4-6;/h1-4,7H2,(H,8,9);1H. The molecular formula is C6H12ClNO3. The summed E-state index contributed by atoms with van der Waals surface area (Å²) in [4.78, 5) is 10.5. The van der Waals surface area contributed by atoms with Crippen LogP contribution in [0.25, 0.3) is 0 Å². The summed E-state index contributed by atoms with van der Waals surface area (Å²) in [6.45, 7) is 0.772. The van der Waals surface area contributed by atoms with Gasteiger partial charge in [-0.1, -0.05) is 0 Å². The fourth-order valence-electron chi connectivity index (χ4n) is 0.985. The van der Waals surface area contributed by atoms with Gasteiger partial charge in [-0.25, -0.2) is 0 Å². The largest absolute Gasteiger partial charge is 0.480 e. The molecule has 1 atom stereocenters. The number of aliphatic carboxylic acids is 1. The van der Waals surface area contributed by atoms with Crippen LogP contribution in [0.15, 0.2) is 0 Å². The van der Waals surface area contributed by atoms with E-state index < -0.39 is 11.5 Å². The maximum Gasteiger partial charge on any atom is 0.326 e.